The summed E-state index contributed by atoms with van der Waals surface area (Å²) in [7, 11) is 0.0939. The highest BCUT2D eigenvalue weighted by atomic mass is 16.5. The van der Waals surface area contributed by atoms with Gasteiger partial charge in [0.15, 0.2) is 0 Å². The Bertz CT molecular complexity index is 1090. The Kier molecular flexibility index (Phi) is 7.71. The average Bonchev–Trinajstić information content (AvgIpc) is 3.11. The number of ether oxygens (including phenoxy) is 1. The molecular weight excluding hydrogens is 461 g/mol. The van der Waals surface area contributed by atoms with E-state index in [0.29, 0.717) is 17.7 Å². The smallest absolute Gasteiger partial charge is 0.455 e. The maximum atomic E-state index is 13.3. The van der Waals surface area contributed by atoms with Crippen LogP contribution in [0.2, 0.25) is 6.32 Å². The number of nitrogens with zero attached hydrogens (tertiary/aromatic N) is 1. The van der Waals surface area contributed by atoms with Gasteiger partial charge in [0.25, 0.3) is 0 Å². The molecule has 4 atom stereocenters. The second kappa shape index (κ2) is 10.6. The lowest BCUT2D eigenvalue weighted by Gasteiger charge is -2.44. The number of imide groups is 3. The van der Waals surface area contributed by atoms with Crippen LogP contribution in [0.15, 0.2) is 41.0 Å². The number of benzene rings is 1. The van der Waals surface area contributed by atoms with Gasteiger partial charge in [0, 0.05) is 0 Å². The number of methoxy groups -OCH3 is 1. The van der Waals surface area contributed by atoms with Crippen LogP contribution in [-0.4, -0.2) is 53.3 Å². The minimum atomic E-state index is -1.06. The van der Waals surface area contributed by atoms with E-state index < -0.39 is 36.9 Å². The van der Waals surface area contributed by atoms with Crippen LogP contribution in [0.3, 0.4) is 0 Å². The van der Waals surface area contributed by atoms with Crippen LogP contribution in [0.1, 0.15) is 52.0 Å². The normalized spacial score (nSPS) is 26.4. The fourth-order valence-corrected chi connectivity index (χ4v) is 5.99. The molecule has 2 saturated heterocycles. The molecule has 4 rings (SSSR count). The summed E-state index contributed by atoms with van der Waals surface area (Å²) in [6.07, 6.45) is 3.54. The Hall–Kier alpha value is -2.91. The first kappa shape index (κ1) is 26.2. The molecule has 2 aliphatic heterocycles. The monoisotopic (exact) mass is 495 g/mol. The standard InChI is InChI=1S/C27H34BNO7/c1-5-16(12-17-6-9-18(30)10-7-17)8-11-22-23-19(15(2)3)13-20-24(21(23)14-28(34)36-22)26(32)29(25(20)31)27(33)35-4/h6-7,9-10,12,15,20-22,24,30,34H,5,8,11,13-14H2,1-4H3/b16-12+/t20-,21+,22-,24-/m1/s1. The summed E-state index contributed by atoms with van der Waals surface area (Å²) in [5.41, 5.74) is 4.27. The Morgan fingerprint density at radius 2 is 1.92 bits per heavy atom. The fourth-order valence-electron chi connectivity index (χ4n) is 5.99. The van der Waals surface area contributed by atoms with Gasteiger partial charge in [-0.05, 0) is 67.1 Å². The highest BCUT2D eigenvalue weighted by Crippen LogP contribution is 2.52. The second-order valence-electron chi connectivity index (χ2n) is 10.2. The molecule has 2 heterocycles. The maximum Gasteiger partial charge on any atom is 0.455 e. The van der Waals surface area contributed by atoms with E-state index in [9.17, 15) is 24.5 Å². The summed E-state index contributed by atoms with van der Waals surface area (Å²) in [4.78, 5) is 39.2. The van der Waals surface area contributed by atoms with Gasteiger partial charge >= 0.3 is 13.2 Å². The number of amides is 3. The summed E-state index contributed by atoms with van der Waals surface area (Å²) >= 11 is 0. The van der Waals surface area contributed by atoms with Crippen LogP contribution >= 0.6 is 0 Å². The van der Waals surface area contributed by atoms with Gasteiger partial charge < -0.3 is 19.5 Å². The summed E-state index contributed by atoms with van der Waals surface area (Å²) < 4.78 is 10.7. The van der Waals surface area contributed by atoms with Crippen LogP contribution in [0.25, 0.3) is 6.08 Å². The summed E-state index contributed by atoms with van der Waals surface area (Å²) in [6, 6.07) is 7.02. The van der Waals surface area contributed by atoms with Gasteiger partial charge in [-0.3, -0.25) is 9.59 Å². The van der Waals surface area contributed by atoms with Crippen LogP contribution < -0.4 is 0 Å². The molecule has 0 radical (unpaired) electrons. The number of aromatic hydroxyl groups is 1. The van der Waals surface area contributed by atoms with Crippen molar-refractivity contribution in [3.05, 3.63) is 46.5 Å². The van der Waals surface area contributed by atoms with Crippen molar-refractivity contribution in [2.45, 2.75) is 58.9 Å². The molecule has 3 amide bonds. The Morgan fingerprint density at radius 1 is 1.22 bits per heavy atom. The van der Waals surface area contributed by atoms with E-state index in [2.05, 4.69) is 26.8 Å². The summed E-state index contributed by atoms with van der Waals surface area (Å²) in [6.45, 7) is 6.20. The Labute approximate surface area is 212 Å². The van der Waals surface area contributed by atoms with E-state index in [-0.39, 0.29) is 30.0 Å². The van der Waals surface area contributed by atoms with Crippen molar-refractivity contribution >= 4 is 31.1 Å². The van der Waals surface area contributed by atoms with Gasteiger partial charge in [-0.1, -0.05) is 50.1 Å². The van der Waals surface area contributed by atoms with E-state index in [1.54, 1.807) is 12.1 Å². The fraction of sp³-hybridized carbons (Fsp3) is 0.519. The number of phenols is 1. The van der Waals surface area contributed by atoms with Gasteiger partial charge in [-0.25, -0.2) is 4.79 Å². The van der Waals surface area contributed by atoms with Gasteiger partial charge in [0.2, 0.25) is 11.8 Å². The van der Waals surface area contributed by atoms with Gasteiger partial charge in [0.1, 0.15) is 5.75 Å². The zero-order valence-corrected chi connectivity index (χ0v) is 21.3. The van der Waals surface area contributed by atoms with E-state index in [0.717, 1.165) is 36.7 Å². The minimum Gasteiger partial charge on any atom is -0.508 e. The van der Waals surface area contributed by atoms with Crippen molar-refractivity contribution < 1.29 is 33.9 Å². The highest BCUT2D eigenvalue weighted by molar-refractivity contribution is 6.43. The third-order valence-corrected chi connectivity index (χ3v) is 7.74. The molecule has 1 aromatic rings. The third-order valence-electron chi connectivity index (χ3n) is 7.74. The molecule has 3 aliphatic rings. The molecule has 192 valence electrons. The van der Waals surface area contributed by atoms with Gasteiger partial charge in [0.05, 0.1) is 25.0 Å². The van der Waals surface area contributed by atoms with Crippen molar-refractivity contribution in [3.8, 4) is 5.75 Å². The first-order chi connectivity index (χ1) is 17.2. The van der Waals surface area contributed by atoms with E-state index in [1.165, 1.54) is 5.57 Å². The van der Waals surface area contributed by atoms with Crippen molar-refractivity contribution in [3.63, 3.8) is 0 Å². The van der Waals surface area contributed by atoms with Crippen LogP contribution in [-0.2, 0) is 19.0 Å². The zero-order valence-electron chi connectivity index (χ0n) is 21.3. The molecule has 1 aliphatic carbocycles. The molecule has 9 heteroatoms. The SMILES string of the molecule is CC/C(=C\c1ccc(O)cc1)CC[C@H]1OB(O)C[C@H]2C1=C(C(C)C)C[C@H]1C(=O)N(C(=O)OC)C(=O)[C@H]12. The quantitative estimate of drug-likeness (QED) is 0.346. The van der Waals surface area contributed by atoms with Gasteiger partial charge in [-0.15, -0.1) is 0 Å². The van der Waals surface area contributed by atoms with Gasteiger partial charge in [-0.2, -0.15) is 4.90 Å². The van der Waals surface area contributed by atoms with Crippen molar-refractivity contribution in [1.82, 2.24) is 4.90 Å². The predicted octanol–water partition coefficient (Wildman–Crippen LogP) is 4.19. The predicted molar refractivity (Wildman–Crippen MR) is 134 cm³/mol. The number of hydrogen-bond acceptors (Lipinski definition) is 7. The number of carbonyl (C=O) groups excluding carboxylic acids is 3. The highest BCUT2D eigenvalue weighted by Gasteiger charge is 2.59. The lowest BCUT2D eigenvalue weighted by Crippen LogP contribution is -2.46. The largest absolute Gasteiger partial charge is 0.508 e. The van der Waals surface area contributed by atoms with Crippen molar-refractivity contribution in [2.75, 3.05) is 7.11 Å². The number of hydrogen-bond donors (Lipinski definition) is 2. The van der Waals surface area contributed by atoms with Crippen molar-refractivity contribution in [2.24, 2.45) is 23.7 Å². The molecule has 0 aromatic heterocycles. The number of likely N-dealkylation sites (tertiary alicyclic amines) is 1. The van der Waals surface area contributed by atoms with E-state index >= 15 is 0 Å². The van der Waals surface area contributed by atoms with Crippen LogP contribution in [0, 0.1) is 23.7 Å². The summed E-state index contributed by atoms with van der Waals surface area (Å²) in [5.74, 6) is -2.42. The maximum absolute atomic E-state index is 13.3. The van der Waals surface area contributed by atoms with E-state index in [1.807, 2.05) is 12.1 Å². The molecule has 0 spiro atoms. The summed E-state index contributed by atoms with van der Waals surface area (Å²) in [5, 5.41) is 20.2. The lowest BCUT2D eigenvalue weighted by atomic mass is 9.57. The average molecular weight is 495 g/mol. The minimum absolute atomic E-state index is 0.123. The van der Waals surface area contributed by atoms with Crippen molar-refractivity contribution in [1.29, 1.82) is 0 Å². The topological polar surface area (TPSA) is 113 Å². The van der Waals surface area contributed by atoms with Crippen LogP contribution in [0.4, 0.5) is 4.79 Å². The molecule has 2 fully saturated rings. The molecule has 0 saturated carbocycles. The Morgan fingerprint density at radius 3 is 2.53 bits per heavy atom. The molecule has 36 heavy (non-hydrogen) atoms. The molecule has 8 nitrogen and oxygen atoms in total. The zero-order chi connectivity index (χ0) is 26.1. The first-order valence-electron chi connectivity index (χ1n) is 12.7. The molecule has 2 N–H and O–H groups in total. The molecule has 0 bridgehead atoms. The molecule has 0 unspecified atom stereocenters. The lowest BCUT2D eigenvalue weighted by molar-refractivity contribution is -0.137. The molecular formula is C27H34BNO7. The number of fused-ring (bicyclic) bond motifs is 3. The number of carbonyl (C=O) groups is 3. The third kappa shape index (κ3) is 4.86. The first-order valence-corrected chi connectivity index (χ1v) is 12.7. The van der Waals surface area contributed by atoms with Crippen LogP contribution in [0.5, 0.6) is 5.75 Å². The van der Waals surface area contributed by atoms with E-state index in [4.69, 9.17) is 9.39 Å². The number of phenolic OH excluding ortho intramolecular Hbond substituents is 1. The molecule has 1 aromatic carbocycles. The second-order valence-corrected chi connectivity index (χ2v) is 10.2. The number of rotatable bonds is 6. The number of allylic oxidation sites excluding steroid dienone is 2. The Balaban J connectivity index is 1.63.